The quantitative estimate of drug-likeness (QED) is 0.174. The van der Waals surface area contributed by atoms with E-state index in [4.69, 9.17) is 0 Å². The summed E-state index contributed by atoms with van der Waals surface area (Å²) in [6, 6.07) is 3.38. The maximum atomic E-state index is 12.1. The summed E-state index contributed by atoms with van der Waals surface area (Å²) in [5, 5.41) is 5.64. The van der Waals surface area contributed by atoms with Gasteiger partial charge in [0.05, 0.1) is 5.56 Å². The number of aromatic nitrogens is 1. The number of pyridine rings is 1. The molecule has 0 unspecified atom stereocenters. The van der Waals surface area contributed by atoms with Crippen LogP contribution in [-0.2, 0) is 9.59 Å². The Morgan fingerprint density at radius 2 is 1.27 bits per heavy atom. The van der Waals surface area contributed by atoms with Crippen molar-refractivity contribution in [1.29, 1.82) is 0 Å². The Kier molecular flexibility index (Phi) is 21.4. The van der Waals surface area contributed by atoms with Crippen molar-refractivity contribution in [3.05, 3.63) is 103 Å². The molecule has 0 bridgehead atoms. The van der Waals surface area contributed by atoms with Gasteiger partial charge in [-0.2, -0.15) is 0 Å². The fraction of sp³-hybridized carbons (Fsp3) is 0.412. The van der Waals surface area contributed by atoms with Gasteiger partial charge in [0.1, 0.15) is 0 Å². The van der Waals surface area contributed by atoms with Gasteiger partial charge in [-0.15, -0.1) is 0 Å². The van der Waals surface area contributed by atoms with E-state index in [9.17, 15) is 14.4 Å². The van der Waals surface area contributed by atoms with Crippen LogP contribution in [0, 0.1) is 0 Å². The first-order chi connectivity index (χ1) is 20.0. The molecule has 0 saturated carbocycles. The number of amides is 3. The van der Waals surface area contributed by atoms with Crippen molar-refractivity contribution < 1.29 is 14.4 Å². The van der Waals surface area contributed by atoms with Gasteiger partial charge >= 0.3 is 0 Å². The van der Waals surface area contributed by atoms with E-state index in [2.05, 4.69) is 89.4 Å². The molecule has 0 aliphatic carbocycles. The Hall–Kier alpha value is -4.00. The molecule has 1 heterocycles. The van der Waals surface area contributed by atoms with Crippen molar-refractivity contribution in [2.24, 2.45) is 0 Å². The molecule has 0 spiro atoms. The van der Waals surface area contributed by atoms with E-state index in [1.807, 2.05) is 6.08 Å². The maximum Gasteiger partial charge on any atom is 0.252 e. The minimum atomic E-state index is -0.232. The molecule has 0 aliphatic rings. The van der Waals surface area contributed by atoms with E-state index in [0.717, 1.165) is 38.5 Å². The van der Waals surface area contributed by atoms with E-state index in [-0.39, 0.29) is 17.7 Å². The first kappa shape index (κ1) is 35.0. The van der Waals surface area contributed by atoms with E-state index in [1.165, 1.54) is 13.1 Å². The summed E-state index contributed by atoms with van der Waals surface area (Å²) in [5.41, 5.74) is 0.473. The molecule has 0 atom stereocenters. The fourth-order valence-electron chi connectivity index (χ4n) is 3.60. The van der Waals surface area contributed by atoms with Crippen LogP contribution in [0.1, 0.15) is 75.6 Å². The molecule has 1 aromatic heterocycles. The average Bonchev–Trinajstić information content (AvgIpc) is 2.97. The van der Waals surface area contributed by atoms with Crippen LogP contribution in [0.3, 0.4) is 0 Å². The summed E-state index contributed by atoms with van der Waals surface area (Å²) >= 11 is 0. The van der Waals surface area contributed by atoms with E-state index >= 15 is 0 Å². The normalized spacial score (nSPS) is 12.0. The molecule has 7 nitrogen and oxygen atoms in total. The predicted octanol–water partition coefficient (Wildman–Crippen LogP) is 6.25. The van der Waals surface area contributed by atoms with Gasteiger partial charge in [0.2, 0.25) is 11.8 Å². The van der Waals surface area contributed by atoms with Crippen molar-refractivity contribution in [3.63, 3.8) is 0 Å². The third-order valence-electron chi connectivity index (χ3n) is 5.87. The largest absolute Gasteiger partial charge is 0.354 e. The maximum absolute atomic E-state index is 12.1. The Morgan fingerprint density at radius 3 is 1.76 bits per heavy atom. The molecular weight excluding hydrogens is 512 g/mol. The SMILES string of the molecule is CC/C=C\C/C=C\C/C=C\C/C=C\C/C=C\C/C=C\CCC(=O)NCCN(CCNC(=O)c1cccnc1)C(C)=O. The second-order valence-electron chi connectivity index (χ2n) is 9.31. The summed E-state index contributed by atoms with van der Waals surface area (Å²) in [6.07, 6.45) is 35.9. The fourth-order valence-corrected chi connectivity index (χ4v) is 3.60. The lowest BCUT2D eigenvalue weighted by Crippen LogP contribution is -2.41. The van der Waals surface area contributed by atoms with E-state index in [1.54, 1.807) is 23.2 Å². The van der Waals surface area contributed by atoms with Crippen LogP contribution in [0.25, 0.3) is 0 Å². The zero-order chi connectivity index (χ0) is 29.8. The Bertz CT molecular complexity index is 1040. The van der Waals surface area contributed by atoms with Crippen LogP contribution < -0.4 is 10.6 Å². The van der Waals surface area contributed by atoms with Gasteiger partial charge in [0.15, 0.2) is 0 Å². The number of allylic oxidation sites excluding steroid dienone is 12. The monoisotopic (exact) mass is 560 g/mol. The van der Waals surface area contributed by atoms with Gasteiger partial charge in [-0.05, 0) is 57.1 Å². The topological polar surface area (TPSA) is 91.4 Å². The van der Waals surface area contributed by atoms with Gasteiger partial charge in [-0.3, -0.25) is 19.4 Å². The number of rotatable bonds is 21. The molecule has 222 valence electrons. The van der Waals surface area contributed by atoms with Gasteiger partial charge in [0.25, 0.3) is 5.91 Å². The van der Waals surface area contributed by atoms with Crippen molar-refractivity contribution in [1.82, 2.24) is 20.5 Å². The second-order valence-corrected chi connectivity index (χ2v) is 9.31. The zero-order valence-electron chi connectivity index (χ0n) is 24.8. The van der Waals surface area contributed by atoms with Gasteiger partial charge in [0, 0.05) is 51.9 Å². The first-order valence-corrected chi connectivity index (χ1v) is 14.6. The number of nitrogens with zero attached hydrogens (tertiary/aromatic N) is 2. The van der Waals surface area contributed by atoms with Crippen molar-refractivity contribution >= 4 is 17.7 Å². The van der Waals surface area contributed by atoms with Crippen LogP contribution in [-0.4, -0.2) is 53.8 Å². The van der Waals surface area contributed by atoms with Crippen molar-refractivity contribution in [2.45, 2.75) is 65.2 Å². The summed E-state index contributed by atoms with van der Waals surface area (Å²) in [4.78, 5) is 41.6. The van der Waals surface area contributed by atoms with Gasteiger partial charge < -0.3 is 15.5 Å². The van der Waals surface area contributed by atoms with Crippen LogP contribution >= 0.6 is 0 Å². The number of nitrogens with one attached hydrogen (secondary N) is 2. The Labute approximate surface area is 246 Å². The molecule has 0 saturated heterocycles. The molecule has 0 aromatic carbocycles. The van der Waals surface area contributed by atoms with Crippen LogP contribution in [0.15, 0.2) is 97.4 Å². The molecule has 0 aliphatic heterocycles. The summed E-state index contributed by atoms with van der Waals surface area (Å²) < 4.78 is 0. The molecule has 0 fully saturated rings. The third-order valence-corrected chi connectivity index (χ3v) is 5.87. The first-order valence-electron chi connectivity index (χ1n) is 14.6. The van der Waals surface area contributed by atoms with E-state index < -0.39 is 0 Å². The van der Waals surface area contributed by atoms with E-state index in [0.29, 0.717) is 44.6 Å². The Balaban J connectivity index is 2.07. The number of hydrogen-bond acceptors (Lipinski definition) is 4. The van der Waals surface area contributed by atoms with Gasteiger partial charge in [-0.25, -0.2) is 0 Å². The minimum absolute atomic E-state index is 0.0436. The summed E-state index contributed by atoms with van der Waals surface area (Å²) in [6.45, 7) is 5.08. The predicted molar refractivity (Wildman–Crippen MR) is 169 cm³/mol. The zero-order valence-corrected chi connectivity index (χ0v) is 24.8. The number of hydrogen-bond donors (Lipinski definition) is 2. The third kappa shape index (κ3) is 20.6. The smallest absolute Gasteiger partial charge is 0.252 e. The van der Waals surface area contributed by atoms with Crippen molar-refractivity contribution in [2.75, 3.05) is 26.2 Å². The summed E-state index contributed by atoms with van der Waals surface area (Å²) in [5.74, 6) is -0.380. The number of carbonyl (C=O) groups excluding carboxylic acids is 3. The number of carbonyl (C=O) groups is 3. The highest BCUT2D eigenvalue weighted by Crippen LogP contribution is 1.99. The lowest BCUT2D eigenvalue weighted by molar-refractivity contribution is -0.129. The second kappa shape index (κ2) is 25.0. The lowest BCUT2D eigenvalue weighted by atomic mass is 10.2. The molecule has 7 heteroatoms. The molecule has 1 rings (SSSR count). The highest BCUT2D eigenvalue weighted by molar-refractivity contribution is 5.93. The standard InChI is InChI=1S/C34H48N4O3/c1-3-4-5-6-7-8-9-10-11-12-13-14-15-16-17-18-19-20-21-24-33(40)36-26-28-38(31(2)39)29-27-37-34(41)32-23-22-25-35-30-32/h4-5,7-8,10-11,13-14,16-17,19-20,22-23,25,30H,3,6,9,12,15,18,21,24,26-29H2,1-2H3,(H,36,40)(H,37,41)/b5-4-,8-7-,11-10-,14-13-,17-16-,20-19-. The van der Waals surface area contributed by atoms with Crippen LogP contribution in [0.4, 0.5) is 0 Å². The highest BCUT2D eigenvalue weighted by Gasteiger charge is 2.10. The highest BCUT2D eigenvalue weighted by atomic mass is 16.2. The molecule has 3 amide bonds. The van der Waals surface area contributed by atoms with Gasteiger partial charge in [-0.1, -0.05) is 79.8 Å². The minimum Gasteiger partial charge on any atom is -0.354 e. The lowest BCUT2D eigenvalue weighted by Gasteiger charge is -2.21. The molecule has 1 aromatic rings. The molecule has 0 radical (unpaired) electrons. The van der Waals surface area contributed by atoms with Crippen LogP contribution in [0.5, 0.6) is 0 Å². The Morgan fingerprint density at radius 1 is 0.756 bits per heavy atom. The molecular formula is C34H48N4O3. The molecule has 2 N–H and O–H groups in total. The van der Waals surface area contributed by atoms with Crippen LogP contribution in [0.2, 0.25) is 0 Å². The molecule has 41 heavy (non-hydrogen) atoms. The average molecular weight is 561 g/mol. The van der Waals surface area contributed by atoms with Crippen molar-refractivity contribution in [3.8, 4) is 0 Å². The summed E-state index contributed by atoms with van der Waals surface area (Å²) in [7, 11) is 0.